The average molecular weight is 312 g/mol. The first-order chi connectivity index (χ1) is 11.1. The van der Waals surface area contributed by atoms with Gasteiger partial charge in [-0.2, -0.15) is 0 Å². The van der Waals surface area contributed by atoms with Gasteiger partial charge in [-0.25, -0.2) is 0 Å². The summed E-state index contributed by atoms with van der Waals surface area (Å²) in [6, 6.07) is 12.5. The Bertz CT molecular complexity index is 638. The van der Waals surface area contributed by atoms with Crippen LogP contribution in [0.3, 0.4) is 0 Å². The largest absolute Gasteiger partial charge is 0.491 e. The van der Waals surface area contributed by atoms with Gasteiger partial charge in [0.1, 0.15) is 5.75 Å². The zero-order chi connectivity index (χ0) is 16.7. The number of rotatable bonds is 8. The van der Waals surface area contributed by atoms with Gasteiger partial charge in [0, 0.05) is 12.2 Å². The Morgan fingerprint density at radius 3 is 2.70 bits per heavy atom. The molecule has 0 aromatic heterocycles. The van der Waals surface area contributed by atoms with Crippen LogP contribution in [-0.4, -0.2) is 13.2 Å². The first-order valence-corrected chi connectivity index (χ1v) is 8.43. The molecule has 0 aliphatic carbocycles. The Labute approximate surface area is 139 Å². The number of nitrogen functional groups attached to an aromatic ring is 1. The van der Waals surface area contributed by atoms with E-state index in [1.807, 2.05) is 12.1 Å². The highest BCUT2D eigenvalue weighted by Crippen LogP contribution is 2.23. The zero-order valence-electron chi connectivity index (χ0n) is 14.5. The Morgan fingerprint density at radius 1 is 1.13 bits per heavy atom. The van der Waals surface area contributed by atoms with Crippen molar-refractivity contribution in [3.8, 4) is 5.75 Å². The molecule has 0 saturated carbocycles. The predicted molar refractivity (Wildman–Crippen MR) is 99.4 cm³/mol. The minimum atomic E-state index is 0.712. The SMILES string of the molecule is CCCOc1ccc(CCCNc2cccc(C)c2C)cc1N. The second-order valence-corrected chi connectivity index (χ2v) is 6.00. The van der Waals surface area contributed by atoms with Crippen LogP contribution in [0.1, 0.15) is 36.5 Å². The van der Waals surface area contributed by atoms with E-state index in [4.69, 9.17) is 10.5 Å². The Kier molecular flexibility index (Phi) is 6.33. The molecule has 0 saturated heterocycles. The van der Waals surface area contributed by atoms with Gasteiger partial charge in [-0.15, -0.1) is 0 Å². The summed E-state index contributed by atoms with van der Waals surface area (Å²) < 4.78 is 5.61. The van der Waals surface area contributed by atoms with E-state index in [1.54, 1.807) is 0 Å². The van der Waals surface area contributed by atoms with E-state index in [9.17, 15) is 0 Å². The number of nitrogens with one attached hydrogen (secondary N) is 1. The molecule has 2 aromatic carbocycles. The Hall–Kier alpha value is -2.16. The molecule has 124 valence electrons. The van der Waals surface area contributed by atoms with E-state index in [0.717, 1.165) is 37.2 Å². The van der Waals surface area contributed by atoms with E-state index in [2.05, 4.69) is 50.4 Å². The van der Waals surface area contributed by atoms with Gasteiger partial charge < -0.3 is 15.8 Å². The molecule has 0 radical (unpaired) electrons. The van der Waals surface area contributed by atoms with Crippen LogP contribution in [0.15, 0.2) is 36.4 Å². The molecule has 3 nitrogen and oxygen atoms in total. The van der Waals surface area contributed by atoms with E-state index >= 15 is 0 Å². The summed E-state index contributed by atoms with van der Waals surface area (Å²) in [7, 11) is 0. The van der Waals surface area contributed by atoms with Crippen LogP contribution >= 0.6 is 0 Å². The highest BCUT2D eigenvalue weighted by Gasteiger charge is 2.03. The van der Waals surface area contributed by atoms with E-state index in [1.165, 1.54) is 22.4 Å². The standard InChI is InChI=1S/C20H28N2O/c1-4-13-23-20-11-10-17(14-18(20)21)8-6-12-22-19-9-5-7-15(2)16(19)3/h5,7,9-11,14,22H,4,6,8,12-13,21H2,1-3H3. The summed E-state index contributed by atoms with van der Waals surface area (Å²) >= 11 is 0. The second-order valence-electron chi connectivity index (χ2n) is 6.00. The number of hydrogen-bond donors (Lipinski definition) is 2. The summed E-state index contributed by atoms with van der Waals surface area (Å²) in [6.45, 7) is 8.06. The van der Waals surface area contributed by atoms with Gasteiger partial charge >= 0.3 is 0 Å². The van der Waals surface area contributed by atoms with Crippen molar-refractivity contribution in [2.75, 3.05) is 24.2 Å². The van der Waals surface area contributed by atoms with Crippen molar-refractivity contribution >= 4 is 11.4 Å². The lowest BCUT2D eigenvalue weighted by Crippen LogP contribution is -2.05. The summed E-state index contributed by atoms with van der Waals surface area (Å²) in [5, 5.41) is 3.52. The number of ether oxygens (including phenoxy) is 1. The number of anilines is 2. The minimum Gasteiger partial charge on any atom is -0.491 e. The van der Waals surface area contributed by atoms with E-state index < -0.39 is 0 Å². The van der Waals surface area contributed by atoms with Crippen LogP contribution in [0.5, 0.6) is 5.75 Å². The summed E-state index contributed by atoms with van der Waals surface area (Å²) in [5.74, 6) is 0.795. The molecule has 2 aromatic rings. The maximum absolute atomic E-state index is 6.05. The van der Waals surface area contributed by atoms with E-state index in [0.29, 0.717) is 6.61 Å². The van der Waals surface area contributed by atoms with Crippen molar-refractivity contribution in [3.05, 3.63) is 53.1 Å². The number of nitrogens with two attached hydrogens (primary N) is 1. The Balaban J connectivity index is 1.82. The van der Waals surface area contributed by atoms with Gasteiger partial charge in [-0.3, -0.25) is 0 Å². The summed E-state index contributed by atoms with van der Waals surface area (Å²) in [6.07, 6.45) is 3.07. The molecular weight excluding hydrogens is 284 g/mol. The summed E-state index contributed by atoms with van der Waals surface area (Å²) in [5.41, 5.74) is 11.9. The maximum atomic E-state index is 6.05. The van der Waals surface area contributed by atoms with Crippen molar-refractivity contribution in [2.45, 2.75) is 40.0 Å². The van der Waals surface area contributed by atoms with Crippen molar-refractivity contribution in [3.63, 3.8) is 0 Å². The highest BCUT2D eigenvalue weighted by atomic mass is 16.5. The molecule has 23 heavy (non-hydrogen) atoms. The van der Waals surface area contributed by atoms with Crippen molar-refractivity contribution in [1.82, 2.24) is 0 Å². The highest BCUT2D eigenvalue weighted by molar-refractivity contribution is 5.55. The van der Waals surface area contributed by atoms with Gasteiger partial charge in [-0.05, 0) is 68.0 Å². The lowest BCUT2D eigenvalue weighted by molar-refractivity contribution is 0.319. The third-order valence-corrected chi connectivity index (χ3v) is 4.10. The number of benzene rings is 2. The van der Waals surface area contributed by atoms with Crippen LogP contribution in [0, 0.1) is 13.8 Å². The maximum Gasteiger partial charge on any atom is 0.142 e. The quantitative estimate of drug-likeness (QED) is 0.548. The van der Waals surface area contributed by atoms with Gasteiger partial charge in [0.2, 0.25) is 0 Å². The molecule has 0 heterocycles. The second kappa shape index (κ2) is 8.47. The van der Waals surface area contributed by atoms with Crippen LogP contribution in [-0.2, 0) is 6.42 Å². The molecule has 0 fully saturated rings. The predicted octanol–water partition coefficient (Wildman–Crippen LogP) is 4.72. The first kappa shape index (κ1) is 17.2. The zero-order valence-corrected chi connectivity index (χ0v) is 14.5. The van der Waals surface area contributed by atoms with Crippen LogP contribution in [0.25, 0.3) is 0 Å². The lowest BCUT2D eigenvalue weighted by atomic mass is 10.1. The van der Waals surface area contributed by atoms with Gasteiger partial charge in [0.05, 0.1) is 12.3 Å². The first-order valence-electron chi connectivity index (χ1n) is 8.43. The normalized spacial score (nSPS) is 10.6. The lowest BCUT2D eigenvalue weighted by Gasteiger charge is -2.12. The fourth-order valence-corrected chi connectivity index (χ4v) is 2.56. The topological polar surface area (TPSA) is 47.3 Å². The van der Waals surface area contributed by atoms with Crippen molar-refractivity contribution in [1.29, 1.82) is 0 Å². The van der Waals surface area contributed by atoms with Crippen LogP contribution < -0.4 is 15.8 Å². The molecule has 0 spiro atoms. The molecule has 0 aliphatic heterocycles. The van der Waals surface area contributed by atoms with Gasteiger partial charge in [0.25, 0.3) is 0 Å². The van der Waals surface area contributed by atoms with Gasteiger partial charge in [-0.1, -0.05) is 25.1 Å². The Morgan fingerprint density at radius 2 is 1.96 bits per heavy atom. The minimum absolute atomic E-state index is 0.712. The van der Waals surface area contributed by atoms with E-state index in [-0.39, 0.29) is 0 Å². The van der Waals surface area contributed by atoms with Crippen molar-refractivity contribution in [2.24, 2.45) is 0 Å². The molecule has 0 unspecified atom stereocenters. The molecule has 3 heteroatoms. The number of aryl methyl sites for hydroxylation is 2. The molecule has 0 amide bonds. The van der Waals surface area contributed by atoms with Crippen molar-refractivity contribution < 1.29 is 4.74 Å². The average Bonchev–Trinajstić information content (AvgIpc) is 2.54. The molecular formula is C20H28N2O. The molecule has 0 atom stereocenters. The molecule has 0 bridgehead atoms. The molecule has 2 rings (SSSR count). The van der Waals surface area contributed by atoms with Gasteiger partial charge in [0.15, 0.2) is 0 Å². The molecule has 0 aliphatic rings. The third kappa shape index (κ3) is 4.92. The fourth-order valence-electron chi connectivity index (χ4n) is 2.56. The number of hydrogen-bond acceptors (Lipinski definition) is 3. The van der Waals surface area contributed by atoms with Crippen LogP contribution in [0.2, 0.25) is 0 Å². The summed E-state index contributed by atoms with van der Waals surface area (Å²) in [4.78, 5) is 0. The van der Waals surface area contributed by atoms with Crippen LogP contribution in [0.4, 0.5) is 11.4 Å². The fraction of sp³-hybridized carbons (Fsp3) is 0.400. The third-order valence-electron chi connectivity index (χ3n) is 4.10. The monoisotopic (exact) mass is 312 g/mol. The molecule has 3 N–H and O–H groups in total. The smallest absolute Gasteiger partial charge is 0.142 e.